The number of β-amino-alcohol motifs (C(OH)–C–C–N with tert-alkyl or cyclic N) is 1. The number of likely N-dealkylation sites (tertiary alicyclic amines) is 1. The van der Waals surface area contributed by atoms with Crippen LogP contribution in [0.1, 0.15) is 24.9 Å². The zero-order valence-corrected chi connectivity index (χ0v) is 13.8. The van der Waals surface area contributed by atoms with Crippen molar-refractivity contribution in [1.82, 2.24) is 4.90 Å². The Morgan fingerprint density at radius 3 is 2.36 bits per heavy atom. The van der Waals surface area contributed by atoms with Gasteiger partial charge in [-0.1, -0.05) is 30.3 Å². The van der Waals surface area contributed by atoms with Crippen molar-refractivity contribution in [3.05, 3.63) is 59.7 Å². The van der Waals surface area contributed by atoms with E-state index in [1.54, 1.807) is 24.3 Å². The van der Waals surface area contributed by atoms with E-state index in [9.17, 15) is 18.7 Å². The highest BCUT2D eigenvalue weighted by molar-refractivity contribution is 5.80. The predicted octanol–water partition coefficient (Wildman–Crippen LogP) is 2.61. The summed E-state index contributed by atoms with van der Waals surface area (Å²) in [5.41, 5.74) is 6.68. The van der Waals surface area contributed by atoms with E-state index in [0.29, 0.717) is 18.5 Å². The summed E-state index contributed by atoms with van der Waals surface area (Å²) >= 11 is 0. The highest BCUT2D eigenvalue weighted by Crippen LogP contribution is 2.32. The Labute approximate surface area is 144 Å². The molecule has 0 aliphatic carbocycles. The third kappa shape index (κ3) is 3.41. The van der Waals surface area contributed by atoms with Crippen molar-refractivity contribution in [3.63, 3.8) is 0 Å². The molecule has 0 saturated carbocycles. The van der Waals surface area contributed by atoms with Gasteiger partial charge in [0, 0.05) is 12.6 Å². The molecule has 2 aromatic carbocycles. The fourth-order valence-corrected chi connectivity index (χ4v) is 3.44. The van der Waals surface area contributed by atoms with Crippen LogP contribution in [0.3, 0.4) is 0 Å². The number of carbonyl (C=O) groups is 1. The molecule has 2 unspecified atom stereocenters. The molecule has 2 aromatic rings. The van der Waals surface area contributed by atoms with Crippen molar-refractivity contribution in [3.8, 4) is 11.1 Å². The van der Waals surface area contributed by atoms with E-state index in [1.807, 2.05) is 11.8 Å². The lowest BCUT2D eigenvalue weighted by molar-refractivity contribution is -0.122. The zero-order chi connectivity index (χ0) is 18.1. The van der Waals surface area contributed by atoms with Gasteiger partial charge in [-0.15, -0.1) is 0 Å². The lowest BCUT2D eigenvalue weighted by atomic mass is 9.99. The van der Waals surface area contributed by atoms with Crippen LogP contribution in [0.4, 0.5) is 8.78 Å². The van der Waals surface area contributed by atoms with Crippen LogP contribution in [0, 0.1) is 11.6 Å². The molecule has 1 saturated heterocycles. The molecular formula is C19H20F2N2O2. The van der Waals surface area contributed by atoms with E-state index in [-0.39, 0.29) is 11.6 Å². The predicted molar refractivity (Wildman–Crippen MR) is 90.5 cm³/mol. The van der Waals surface area contributed by atoms with E-state index in [2.05, 4.69) is 0 Å². The SMILES string of the molecule is C[C@@H](c1ccc(-c2c(F)cccc2F)cc1)N1CC(O)CC1C(N)=O. The van der Waals surface area contributed by atoms with Gasteiger partial charge in [-0.2, -0.15) is 0 Å². The highest BCUT2D eigenvalue weighted by Gasteiger charge is 2.37. The minimum Gasteiger partial charge on any atom is -0.392 e. The van der Waals surface area contributed by atoms with E-state index >= 15 is 0 Å². The van der Waals surface area contributed by atoms with Gasteiger partial charge >= 0.3 is 0 Å². The Hall–Kier alpha value is -2.31. The van der Waals surface area contributed by atoms with Crippen LogP contribution >= 0.6 is 0 Å². The number of aliphatic hydroxyl groups excluding tert-OH is 1. The Kier molecular flexibility index (Phi) is 4.83. The molecule has 0 spiro atoms. The molecule has 0 radical (unpaired) electrons. The van der Waals surface area contributed by atoms with Gasteiger partial charge in [-0.3, -0.25) is 9.69 Å². The van der Waals surface area contributed by atoms with Gasteiger partial charge in [0.25, 0.3) is 0 Å². The number of primary amides is 1. The maximum atomic E-state index is 13.9. The van der Waals surface area contributed by atoms with Gasteiger partial charge in [-0.25, -0.2) is 8.78 Å². The molecule has 4 nitrogen and oxygen atoms in total. The second kappa shape index (κ2) is 6.90. The first-order valence-corrected chi connectivity index (χ1v) is 8.16. The van der Waals surface area contributed by atoms with Crippen molar-refractivity contribution in [2.24, 2.45) is 5.73 Å². The molecule has 6 heteroatoms. The molecule has 1 amide bonds. The van der Waals surface area contributed by atoms with Crippen molar-refractivity contribution in [2.45, 2.75) is 31.5 Å². The summed E-state index contributed by atoms with van der Waals surface area (Å²) in [6.07, 6.45) is -0.273. The van der Waals surface area contributed by atoms with E-state index < -0.39 is 29.7 Å². The molecule has 3 N–H and O–H groups in total. The fourth-order valence-electron chi connectivity index (χ4n) is 3.44. The molecule has 1 aliphatic heterocycles. The van der Waals surface area contributed by atoms with Crippen LogP contribution in [-0.2, 0) is 4.79 Å². The number of rotatable bonds is 4. The number of halogens is 2. The molecule has 132 valence electrons. The maximum absolute atomic E-state index is 13.9. The molecule has 1 aliphatic rings. The summed E-state index contributed by atoms with van der Waals surface area (Å²) in [6.45, 7) is 2.27. The van der Waals surface area contributed by atoms with E-state index in [4.69, 9.17) is 5.73 Å². The summed E-state index contributed by atoms with van der Waals surface area (Å²) in [5.74, 6) is -1.69. The monoisotopic (exact) mass is 346 g/mol. The molecule has 1 heterocycles. The lowest BCUT2D eigenvalue weighted by Crippen LogP contribution is -2.41. The number of hydrogen-bond acceptors (Lipinski definition) is 3. The van der Waals surface area contributed by atoms with Crippen LogP contribution in [0.15, 0.2) is 42.5 Å². The Morgan fingerprint density at radius 1 is 1.20 bits per heavy atom. The Balaban J connectivity index is 1.86. The first kappa shape index (κ1) is 17.5. The van der Waals surface area contributed by atoms with Gasteiger partial charge in [0.2, 0.25) is 5.91 Å². The molecule has 25 heavy (non-hydrogen) atoms. The first-order chi connectivity index (χ1) is 11.9. The average Bonchev–Trinajstić information content (AvgIpc) is 2.97. The lowest BCUT2D eigenvalue weighted by Gasteiger charge is -2.29. The quantitative estimate of drug-likeness (QED) is 0.894. The number of nitrogens with zero attached hydrogens (tertiary/aromatic N) is 1. The minimum atomic E-state index is -0.614. The second-order valence-electron chi connectivity index (χ2n) is 6.40. The topological polar surface area (TPSA) is 66.6 Å². The summed E-state index contributed by atoms with van der Waals surface area (Å²) in [7, 11) is 0. The van der Waals surface area contributed by atoms with Crippen molar-refractivity contribution in [1.29, 1.82) is 0 Å². The van der Waals surface area contributed by atoms with Gasteiger partial charge in [0.05, 0.1) is 17.7 Å². The van der Waals surface area contributed by atoms with Gasteiger partial charge in [-0.05, 0) is 36.6 Å². The number of amides is 1. The molecule has 3 rings (SSSR count). The van der Waals surface area contributed by atoms with Crippen LogP contribution < -0.4 is 5.73 Å². The van der Waals surface area contributed by atoms with Crippen molar-refractivity contribution in [2.75, 3.05) is 6.54 Å². The first-order valence-electron chi connectivity index (χ1n) is 8.16. The standard InChI is InChI=1S/C19H20F2N2O2/c1-11(23-10-14(24)9-17(23)19(22)25)12-5-7-13(8-6-12)18-15(20)3-2-4-16(18)21/h2-8,11,14,17,24H,9-10H2,1H3,(H2,22,25)/t11-,14?,17?/m0/s1. The third-order valence-electron chi connectivity index (χ3n) is 4.79. The van der Waals surface area contributed by atoms with Crippen LogP contribution in [0.2, 0.25) is 0 Å². The minimum absolute atomic E-state index is 0.0617. The average molecular weight is 346 g/mol. The number of benzene rings is 2. The van der Waals surface area contributed by atoms with Gasteiger partial charge < -0.3 is 10.8 Å². The molecule has 0 bridgehead atoms. The fraction of sp³-hybridized carbons (Fsp3) is 0.316. The zero-order valence-electron chi connectivity index (χ0n) is 13.8. The molecule has 1 fully saturated rings. The molecule has 0 aromatic heterocycles. The van der Waals surface area contributed by atoms with Gasteiger partial charge in [0.1, 0.15) is 11.6 Å². The van der Waals surface area contributed by atoms with Crippen LogP contribution in [0.5, 0.6) is 0 Å². The van der Waals surface area contributed by atoms with E-state index in [1.165, 1.54) is 18.2 Å². The summed E-state index contributed by atoms with van der Waals surface area (Å²) in [4.78, 5) is 13.4. The van der Waals surface area contributed by atoms with Crippen molar-refractivity contribution >= 4 is 5.91 Å². The van der Waals surface area contributed by atoms with Crippen LogP contribution in [0.25, 0.3) is 11.1 Å². The maximum Gasteiger partial charge on any atom is 0.234 e. The molecular weight excluding hydrogens is 326 g/mol. The smallest absolute Gasteiger partial charge is 0.234 e. The summed E-state index contributed by atoms with van der Waals surface area (Å²) in [5, 5.41) is 9.84. The third-order valence-corrected chi connectivity index (χ3v) is 4.79. The summed E-state index contributed by atoms with van der Waals surface area (Å²) < 4.78 is 27.8. The Bertz CT molecular complexity index is 759. The highest BCUT2D eigenvalue weighted by atomic mass is 19.1. The molecule has 3 atom stereocenters. The second-order valence-corrected chi connectivity index (χ2v) is 6.40. The normalized spacial score (nSPS) is 22.1. The summed E-state index contributed by atoms with van der Waals surface area (Å²) in [6, 6.07) is 9.94. The van der Waals surface area contributed by atoms with E-state index in [0.717, 1.165) is 5.56 Å². The number of hydrogen-bond donors (Lipinski definition) is 2. The number of carbonyl (C=O) groups excluding carboxylic acids is 1. The number of aliphatic hydroxyl groups is 1. The van der Waals surface area contributed by atoms with Gasteiger partial charge in [0.15, 0.2) is 0 Å². The van der Waals surface area contributed by atoms with Crippen molar-refractivity contribution < 1.29 is 18.7 Å². The Morgan fingerprint density at radius 2 is 1.80 bits per heavy atom. The largest absolute Gasteiger partial charge is 0.392 e. The number of nitrogens with two attached hydrogens (primary N) is 1. The van der Waals surface area contributed by atoms with Crippen LogP contribution in [-0.4, -0.2) is 34.6 Å².